The molecule has 0 spiro atoms. The van der Waals surface area contributed by atoms with Crippen LogP contribution in [-0.2, 0) is 28.2 Å². The van der Waals surface area contributed by atoms with Crippen LogP contribution in [0.1, 0.15) is 195 Å². The third-order valence-electron chi connectivity index (χ3n) is 8.48. The average Bonchev–Trinajstić information content (AvgIpc) is 2.98. The first kappa shape index (κ1) is 45.0. The molecule has 0 aliphatic heterocycles. The highest BCUT2D eigenvalue weighted by Gasteiger charge is 2.22. The van der Waals surface area contributed by atoms with Crippen LogP contribution in [0.4, 0.5) is 0 Å². The van der Waals surface area contributed by atoms with Crippen molar-refractivity contribution in [2.24, 2.45) is 11.8 Å². The number of hydrogen-bond donors (Lipinski definition) is 2. The quantitative estimate of drug-likeness (QED) is 0.0392. The van der Waals surface area contributed by atoms with Gasteiger partial charge in [-0.2, -0.15) is 0 Å². The second-order valence-electron chi connectivity index (χ2n) is 14.2. The molecule has 0 rings (SSSR count). The van der Waals surface area contributed by atoms with Gasteiger partial charge in [-0.05, 0) is 24.7 Å². The third kappa shape index (κ3) is 35.9. The SMILES string of the molecule is CC(C)CCCCCCCCCCCCCCCCCCC(=O)OC[C@H](COP(=O)(O)O)OC(=O)CCCCCCCCC(C)C. The van der Waals surface area contributed by atoms with Crippen molar-refractivity contribution in [3.63, 3.8) is 0 Å². The molecular weight excluding hydrogens is 603 g/mol. The van der Waals surface area contributed by atoms with E-state index in [4.69, 9.17) is 19.3 Å². The summed E-state index contributed by atoms with van der Waals surface area (Å²) in [5.41, 5.74) is 0. The van der Waals surface area contributed by atoms with Crippen LogP contribution in [0.15, 0.2) is 0 Å². The first-order chi connectivity index (χ1) is 22.0. The number of carbonyl (C=O) groups is 2. The smallest absolute Gasteiger partial charge is 0.462 e. The van der Waals surface area contributed by atoms with Crippen LogP contribution in [0.3, 0.4) is 0 Å². The monoisotopic (exact) mass is 677 g/mol. The Hall–Kier alpha value is -0.950. The molecule has 0 bridgehead atoms. The average molecular weight is 677 g/mol. The number of esters is 2. The largest absolute Gasteiger partial charge is 0.469 e. The molecule has 0 aromatic heterocycles. The standard InChI is InChI=1S/C37H73O8P/c1-33(2)27-23-19-15-13-11-9-7-5-6-8-10-12-14-16-21-25-29-36(38)43-31-35(32-44-46(40,41)42)45-37(39)30-26-22-18-17-20-24-28-34(3)4/h33-35H,5-32H2,1-4H3,(H2,40,41,42)/t35-/m1/s1. The fraction of sp³-hybridized carbons (Fsp3) is 0.946. The van der Waals surface area contributed by atoms with E-state index in [2.05, 4.69) is 32.2 Å². The van der Waals surface area contributed by atoms with Crippen molar-refractivity contribution in [1.29, 1.82) is 0 Å². The first-order valence-corrected chi connectivity index (χ1v) is 20.6. The summed E-state index contributed by atoms with van der Waals surface area (Å²) in [4.78, 5) is 42.6. The first-order valence-electron chi connectivity index (χ1n) is 19.0. The second-order valence-corrected chi connectivity index (χ2v) is 15.5. The van der Waals surface area contributed by atoms with Gasteiger partial charge in [0.25, 0.3) is 0 Å². The summed E-state index contributed by atoms with van der Waals surface area (Å²) < 4.78 is 26.2. The van der Waals surface area contributed by atoms with Gasteiger partial charge in [-0.3, -0.25) is 14.1 Å². The number of ether oxygens (including phenoxy) is 2. The van der Waals surface area contributed by atoms with Crippen LogP contribution < -0.4 is 0 Å². The van der Waals surface area contributed by atoms with Crippen molar-refractivity contribution in [2.45, 2.75) is 201 Å². The van der Waals surface area contributed by atoms with E-state index in [9.17, 15) is 14.2 Å². The fourth-order valence-electron chi connectivity index (χ4n) is 5.63. The maximum absolute atomic E-state index is 12.3. The van der Waals surface area contributed by atoms with Crippen molar-refractivity contribution in [2.75, 3.05) is 13.2 Å². The van der Waals surface area contributed by atoms with E-state index in [0.717, 1.165) is 50.4 Å². The Kier molecular flexibility index (Phi) is 30.7. The Morgan fingerprint density at radius 1 is 0.500 bits per heavy atom. The van der Waals surface area contributed by atoms with Crippen molar-refractivity contribution >= 4 is 19.8 Å². The number of rotatable bonds is 34. The van der Waals surface area contributed by atoms with Gasteiger partial charge < -0.3 is 19.3 Å². The Labute approximate surface area is 283 Å². The second kappa shape index (κ2) is 31.3. The van der Waals surface area contributed by atoms with Gasteiger partial charge in [0.1, 0.15) is 6.61 Å². The van der Waals surface area contributed by atoms with E-state index < -0.39 is 32.5 Å². The highest BCUT2D eigenvalue weighted by Crippen LogP contribution is 2.36. The van der Waals surface area contributed by atoms with Gasteiger partial charge in [-0.1, -0.05) is 169 Å². The summed E-state index contributed by atoms with van der Waals surface area (Å²) in [5, 5.41) is 0. The summed E-state index contributed by atoms with van der Waals surface area (Å²) in [6.45, 7) is 8.27. The van der Waals surface area contributed by atoms with Crippen molar-refractivity contribution in [3.05, 3.63) is 0 Å². The molecule has 0 aromatic rings. The molecule has 274 valence electrons. The van der Waals surface area contributed by atoms with Gasteiger partial charge in [0.2, 0.25) is 0 Å². The molecule has 0 fully saturated rings. The number of carbonyl (C=O) groups excluding carboxylic acids is 2. The van der Waals surface area contributed by atoms with E-state index in [1.807, 2.05) is 0 Å². The molecule has 0 aromatic carbocycles. The number of unbranched alkanes of at least 4 members (excludes halogenated alkanes) is 20. The summed E-state index contributed by atoms with van der Waals surface area (Å²) >= 11 is 0. The maximum atomic E-state index is 12.3. The lowest BCUT2D eigenvalue weighted by atomic mass is 10.0. The Bertz CT molecular complexity index is 752. The van der Waals surface area contributed by atoms with Gasteiger partial charge in [0, 0.05) is 12.8 Å². The zero-order valence-electron chi connectivity index (χ0n) is 30.3. The minimum absolute atomic E-state index is 0.214. The third-order valence-corrected chi connectivity index (χ3v) is 8.97. The van der Waals surface area contributed by atoms with E-state index in [0.29, 0.717) is 6.42 Å². The van der Waals surface area contributed by atoms with Gasteiger partial charge in [0.05, 0.1) is 6.61 Å². The molecule has 1 atom stereocenters. The predicted molar refractivity (Wildman–Crippen MR) is 189 cm³/mol. The van der Waals surface area contributed by atoms with Gasteiger partial charge in [-0.15, -0.1) is 0 Å². The Morgan fingerprint density at radius 2 is 0.826 bits per heavy atom. The zero-order chi connectivity index (χ0) is 34.3. The fourth-order valence-corrected chi connectivity index (χ4v) is 5.99. The Balaban J connectivity index is 3.84. The maximum Gasteiger partial charge on any atom is 0.469 e. The number of hydrogen-bond acceptors (Lipinski definition) is 6. The van der Waals surface area contributed by atoms with E-state index >= 15 is 0 Å². The molecule has 0 saturated carbocycles. The lowest BCUT2D eigenvalue weighted by Crippen LogP contribution is -2.29. The lowest BCUT2D eigenvalue weighted by molar-refractivity contribution is -0.161. The molecule has 0 aliphatic carbocycles. The van der Waals surface area contributed by atoms with Crippen LogP contribution in [0.5, 0.6) is 0 Å². The molecular formula is C37H73O8P. The molecule has 0 heterocycles. The highest BCUT2D eigenvalue weighted by molar-refractivity contribution is 7.46. The molecule has 0 unspecified atom stereocenters. The summed E-state index contributed by atoms with van der Waals surface area (Å²) in [7, 11) is -4.74. The molecule has 9 heteroatoms. The molecule has 0 amide bonds. The Morgan fingerprint density at radius 3 is 1.17 bits per heavy atom. The molecule has 0 radical (unpaired) electrons. The molecule has 8 nitrogen and oxygen atoms in total. The predicted octanol–water partition coefficient (Wildman–Crippen LogP) is 11.0. The molecule has 46 heavy (non-hydrogen) atoms. The zero-order valence-corrected chi connectivity index (χ0v) is 31.2. The number of phosphoric ester groups is 1. The van der Waals surface area contributed by atoms with Crippen molar-refractivity contribution in [3.8, 4) is 0 Å². The topological polar surface area (TPSA) is 119 Å². The van der Waals surface area contributed by atoms with Crippen LogP contribution >= 0.6 is 7.82 Å². The molecule has 0 aliphatic rings. The van der Waals surface area contributed by atoms with Gasteiger partial charge >= 0.3 is 19.8 Å². The van der Waals surface area contributed by atoms with E-state index in [-0.39, 0.29) is 19.4 Å². The normalized spacial score (nSPS) is 12.6. The van der Waals surface area contributed by atoms with Crippen LogP contribution in [0.2, 0.25) is 0 Å². The number of phosphoric acid groups is 1. The summed E-state index contributed by atoms with van der Waals surface area (Å²) in [6.07, 6.45) is 28.6. The minimum atomic E-state index is -4.74. The molecule has 2 N–H and O–H groups in total. The van der Waals surface area contributed by atoms with Crippen molar-refractivity contribution < 1.29 is 37.9 Å². The van der Waals surface area contributed by atoms with Crippen LogP contribution in [-0.4, -0.2) is 41.0 Å². The summed E-state index contributed by atoms with van der Waals surface area (Å²) in [5.74, 6) is 0.694. The molecule has 0 saturated heterocycles. The van der Waals surface area contributed by atoms with E-state index in [1.54, 1.807) is 0 Å². The lowest BCUT2D eigenvalue weighted by Gasteiger charge is -2.18. The highest BCUT2D eigenvalue weighted by atomic mass is 31.2. The summed E-state index contributed by atoms with van der Waals surface area (Å²) in [6, 6.07) is 0. The van der Waals surface area contributed by atoms with E-state index in [1.165, 1.54) is 109 Å². The van der Waals surface area contributed by atoms with Crippen molar-refractivity contribution in [1.82, 2.24) is 0 Å². The van der Waals surface area contributed by atoms with Crippen LogP contribution in [0, 0.1) is 11.8 Å². The van der Waals surface area contributed by atoms with Gasteiger partial charge in [0.15, 0.2) is 6.10 Å². The van der Waals surface area contributed by atoms with Crippen LogP contribution in [0.25, 0.3) is 0 Å². The van der Waals surface area contributed by atoms with Gasteiger partial charge in [-0.25, -0.2) is 4.57 Å². The minimum Gasteiger partial charge on any atom is -0.462 e.